The summed E-state index contributed by atoms with van der Waals surface area (Å²) in [6, 6.07) is 4.66. The molecule has 0 saturated carbocycles. The second-order valence-corrected chi connectivity index (χ2v) is 5.93. The van der Waals surface area contributed by atoms with Crippen molar-refractivity contribution >= 4 is 11.8 Å². The van der Waals surface area contributed by atoms with Crippen LogP contribution in [0.25, 0.3) is 5.69 Å². The minimum absolute atomic E-state index is 0.0359. The van der Waals surface area contributed by atoms with E-state index in [1.165, 1.54) is 0 Å². The first-order valence-corrected chi connectivity index (χ1v) is 8.21. The number of carbonyl (C=O) groups excluding carboxylic acids is 2. The van der Waals surface area contributed by atoms with Gasteiger partial charge in [-0.15, -0.1) is 0 Å². The molecule has 0 aromatic carbocycles. The van der Waals surface area contributed by atoms with E-state index in [4.69, 9.17) is 0 Å². The molecule has 1 aliphatic rings. The van der Waals surface area contributed by atoms with Crippen molar-refractivity contribution in [1.29, 1.82) is 0 Å². The van der Waals surface area contributed by atoms with Gasteiger partial charge in [0.05, 0.1) is 5.69 Å². The van der Waals surface area contributed by atoms with Gasteiger partial charge in [-0.05, 0) is 44.4 Å². The number of piperidine rings is 1. The molecule has 0 aliphatic carbocycles. The monoisotopic (exact) mass is 327 g/mol. The molecule has 2 aromatic heterocycles. The lowest BCUT2D eigenvalue weighted by Crippen LogP contribution is -2.48. The highest BCUT2D eigenvalue weighted by molar-refractivity contribution is 5.96. The first-order valence-electron chi connectivity index (χ1n) is 8.21. The maximum atomic E-state index is 12.4. The Balaban J connectivity index is 1.66. The Morgan fingerprint density at radius 3 is 2.71 bits per heavy atom. The van der Waals surface area contributed by atoms with E-state index in [-0.39, 0.29) is 17.5 Å². The first-order chi connectivity index (χ1) is 11.6. The second kappa shape index (κ2) is 7.25. The summed E-state index contributed by atoms with van der Waals surface area (Å²) in [4.78, 5) is 30.7. The van der Waals surface area contributed by atoms with Gasteiger partial charge in [-0.25, -0.2) is 4.68 Å². The first kappa shape index (κ1) is 16.2. The highest BCUT2D eigenvalue weighted by Crippen LogP contribution is 2.11. The normalized spacial score (nSPS) is 15.8. The summed E-state index contributed by atoms with van der Waals surface area (Å²) in [5, 5.41) is 6.88. The van der Waals surface area contributed by atoms with Crippen molar-refractivity contribution in [3.05, 3.63) is 42.5 Å². The summed E-state index contributed by atoms with van der Waals surface area (Å²) >= 11 is 0. The van der Waals surface area contributed by atoms with Crippen LogP contribution in [-0.2, 0) is 4.79 Å². The summed E-state index contributed by atoms with van der Waals surface area (Å²) in [7, 11) is 0. The van der Waals surface area contributed by atoms with Gasteiger partial charge in [-0.2, -0.15) is 5.10 Å². The molecule has 1 saturated heterocycles. The van der Waals surface area contributed by atoms with Gasteiger partial charge in [0, 0.05) is 31.7 Å². The molecule has 24 heavy (non-hydrogen) atoms. The number of likely N-dealkylation sites (tertiary alicyclic amines) is 1. The number of nitrogens with one attached hydrogen (secondary N) is 1. The van der Waals surface area contributed by atoms with Crippen LogP contribution in [0.2, 0.25) is 0 Å². The van der Waals surface area contributed by atoms with Gasteiger partial charge in [-0.3, -0.25) is 14.6 Å². The third-order valence-corrected chi connectivity index (χ3v) is 4.13. The molecule has 1 atom stereocenters. The Hall–Kier alpha value is -2.70. The molecule has 2 aromatic rings. The lowest BCUT2D eigenvalue weighted by atomic mass is 10.1. The highest BCUT2D eigenvalue weighted by atomic mass is 16.2. The van der Waals surface area contributed by atoms with Gasteiger partial charge in [0.1, 0.15) is 11.7 Å². The molecule has 0 unspecified atom stereocenters. The number of rotatable bonds is 4. The molecule has 7 heteroatoms. The Morgan fingerprint density at radius 2 is 2.00 bits per heavy atom. The van der Waals surface area contributed by atoms with Gasteiger partial charge in [-0.1, -0.05) is 0 Å². The van der Waals surface area contributed by atoms with Crippen molar-refractivity contribution in [3.8, 4) is 5.69 Å². The molecule has 0 radical (unpaired) electrons. The molecule has 126 valence electrons. The van der Waals surface area contributed by atoms with E-state index in [2.05, 4.69) is 15.4 Å². The number of pyridine rings is 1. The van der Waals surface area contributed by atoms with E-state index in [9.17, 15) is 9.59 Å². The summed E-state index contributed by atoms with van der Waals surface area (Å²) in [5.74, 6) is -0.395. The number of amides is 2. The number of nitrogens with zero attached hydrogens (tertiary/aromatic N) is 4. The van der Waals surface area contributed by atoms with Crippen LogP contribution in [0.5, 0.6) is 0 Å². The zero-order valence-electron chi connectivity index (χ0n) is 13.7. The predicted molar refractivity (Wildman–Crippen MR) is 88.7 cm³/mol. The molecule has 1 N–H and O–H groups in total. The number of aromatic nitrogens is 3. The highest BCUT2D eigenvalue weighted by Gasteiger charge is 2.24. The van der Waals surface area contributed by atoms with Crippen molar-refractivity contribution in [2.45, 2.75) is 32.2 Å². The van der Waals surface area contributed by atoms with Gasteiger partial charge in [0.2, 0.25) is 5.91 Å². The second-order valence-electron chi connectivity index (χ2n) is 5.93. The van der Waals surface area contributed by atoms with Crippen LogP contribution in [0.4, 0.5) is 0 Å². The Kier molecular flexibility index (Phi) is 4.88. The van der Waals surface area contributed by atoms with Crippen molar-refractivity contribution < 1.29 is 9.59 Å². The van der Waals surface area contributed by atoms with Crippen molar-refractivity contribution in [2.75, 3.05) is 13.1 Å². The van der Waals surface area contributed by atoms with Gasteiger partial charge >= 0.3 is 0 Å². The lowest BCUT2D eigenvalue weighted by molar-refractivity contribution is -0.133. The van der Waals surface area contributed by atoms with E-state index >= 15 is 0 Å². The number of hydrogen-bond donors (Lipinski definition) is 1. The third-order valence-electron chi connectivity index (χ3n) is 4.13. The summed E-state index contributed by atoms with van der Waals surface area (Å²) < 4.78 is 1.65. The van der Waals surface area contributed by atoms with Gasteiger partial charge < -0.3 is 10.2 Å². The Bertz CT molecular complexity index is 708. The third kappa shape index (κ3) is 3.61. The van der Waals surface area contributed by atoms with Crippen molar-refractivity contribution in [2.24, 2.45) is 0 Å². The molecule has 2 amide bonds. The summed E-state index contributed by atoms with van der Waals surface area (Å²) in [6.45, 7) is 3.25. The van der Waals surface area contributed by atoms with Crippen molar-refractivity contribution in [3.63, 3.8) is 0 Å². The molecular formula is C17H21N5O2. The molecule has 0 bridgehead atoms. The van der Waals surface area contributed by atoms with Crippen LogP contribution in [-0.4, -0.2) is 50.6 Å². The fourth-order valence-electron chi connectivity index (χ4n) is 2.83. The zero-order valence-corrected chi connectivity index (χ0v) is 13.7. The molecule has 0 spiro atoms. The van der Waals surface area contributed by atoms with E-state index in [1.54, 1.807) is 48.4 Å². The zero-order chi connectivity index (χ0) is 16.9. The largest absolute Gasteiger partial charge is 0.341 e. The Morgan fingerprint density at radius 1 is 1.21 bits per heavy atom. The van der Waals surface area contributed by atoms with Crippen LogP contribution < -0.4 is 5.32 Å². The molecule has 3 rings (SSSR count). The van der Waals surface area contributed by atoms with E-state index in [1.807, 2.05) is 4.90 Å². The van der Waals surface area contributed by atoms with Crippen LogP contribution in [0.15, 0.2) is 36.8 Å². The fourth-order valence-corrected chi connectivity index (χ4v) is 2.83. The number of carbonyl (C=O) groups is 2. The van der Waals surface area contributed by atoms with Crippen molar-refractivity contribution in [1.82, 2.24) is 25.0 Å². The van der Waals surface area contributed by atoms with Crippen LogP contribution in [0.3, 0.4) is 0 Å². The Labute approximate surface area is 140 Å². The topological polar surface area (TPSA) is 80.1 Å². The number of hydrogen-bond acceptors (Lipinski definition) is 4. The molecular weight excluding hydrogens is 306 g/mol. The van der Waals surface area contributed by atoms with Gasteiger partial charge in [0.25, 0.3) is 5.91 Å². The maximum absolute atomic E-state index is 12.4. The molecule has 1 fully saturated rings. The van der Waals surface area contributed by atoms with Crippen LogP contribution in [0, 0.1) is 0 Å². The smallest absolute Gasteiger partial charge is 0.270 e. The molecule has 1 aliphatic heterocycles. The summed E-state index contributed by atoms with van der Waals surface area (Å²) in [6.07, 6.45) is 8.23. The molecule has 7 nitrogen and oxygen atoms in total. The quantitative estimate of drug-likeness (QED) is 0.920. The minimum atomic E-state index is -0.564. The van der Waals surface area contributed by atoms with Gasteiger partial charge in [0.15, 0.2) is 0 Å². The van der Waals surface area contributed by atoms with Crippen LogP contribution in [0.1, 0.15) is 36.7 Å². The molecule has 3 heterocycles. The average Bonchev–Trinajstić information content (AvgIpc) is 3.16. The standard InChI is InChI=1S/C17H21N5O2/c1-13(17(24)21-9-3-2-4-10-21)20-16(23)15-12-14(6-8-18-15)22-11-5-7-19-22/h5-8,11-13H,2-4,9-10H2,1H3,(H,20,23)/t13-/m0/s1. The predicted octanol–water partition coefficient (Wildman–Crippen LogP) is 1.40. The lowest BCUT2D eigenvalue weighted by Gasteiger charge is -2.29. The average molecular weight is 327 g/mol. The fraction of sp³-hybridized carbons (Fsp3) is 0.412. The van der Waals surface area contributed by atoms with Crippen LogP contribution >= 0.6 is 0 Å². The van der Waals surface area contributed by atoms with E-state index in [0.717, 1.165) is 38.0 Å². The van der Waals surface area contributed by atoms with E-state index < -0.39 is 6.04 Å². The minimum Gasteiger partial charge on any atom is -0.341 e. The maximum Gasteiger partial charge on any atom is 0.270 e. The summed E-state index contributed by atoms with van der Waals surface area (Å²) in [5.41, 5.74) is 1.01. The SMILES string of the molecule is C[C@H](NC(=O)c1cc(-n2cccn2)ccn1)C(=O)N1CCCCC1. The van der Waals surface area contributed by atoms with E-state index in [0.29, 0.717) is 0 Å².